The van der Waals surface area contributed by atoms with E-state index in [2.05, 4.69) is 40.0 Å². The van der Waals surface area contributed by atoms with Crippen LogP contribution in [0, 0.1) is 5.92 Å². The van der Waals surface area contributed by atoms with Gasteiger partial charge in [-0.1, -0.05) is 6.07 Å². The molecule has 1 unspecified atom stereocenters. The molecular weight excluding hydrogens is 330 g/mol. The Morgan fingerprint density at radius 2 is 2.26 bits per heavy atom. The first-order chi connectivity index (χ1) is 10.7. The van der Waals surface area contributed by atoms with Crippen LogP contribution in [-0.2, 0) is 4.79 Å². The van der Waals surface area contributed by atoms with Crippen molar-refractivity contribution in [3.63, 3.8) is 0 Å². The van der Waals surface area contributed by atoms with Gasteiger partial charge in [-0.3, -0.25) is 9.69 Å². The molecule has 0 radical (unpaired) electrons. The monoisotopic (exact) mass is 357 g/mol. The molecule has 130 valence electrons. The van der Waals surface area contributed by atoms with Crippen LogP contribution in [0.2, 0.25) is 0 Å². The lowest BCUT2D eigenvalue weighted by molar-refractivity contribution is -0.126. The number of carbonyl (C=O) groups is 1. The van der Waals surface area contributed by atoms with Gasteiger partial charge >= 0.3 is 0 Å². The van der Waals surface area contributed by atoms with Crippen LogP contribution in [0.3, 0.4) is 0 Å². The number of piperidine rings is 1. The Balaban J connectivity index is 0.00000192. The van der Waals surface area contributed by atoms with E-state index >= 15 is 0 Å². The zero-order chi connectivity index (χ0) is 15.4. The van der Waals surface area contributed by atoms with Gasteiger partial charge in [0, 0.05) is 23.4 Å². The lowest BCUT2D eigenvalue weighted by atomic mass is 9.92. The minimum absolute atomic E-state index is 0. The molecule has 2 N–H and O–H groups in total. The normalized spacial score (nSPS) is 26.5. The molecule has 1 aromatic heterocycles. The number of hydrogen-bond donors (Lipinski definition) is 2. The smallest absolute Gasteiger partial charge is 0.223 e. The number of nitrogens with one attached hydrogen (secondary N) is 2. The van der Waals surface area contributed by atoms with Gasteiger partial charge in [0.1, 0.15) is 0 Å². The molecule has 23 heavy (non-hydrogen) atoms. The van der Waals surface area contributed by atoms with Gasteiger partial charge in [-0.25, -0.2) is 0 Å². The van der Waals surface area contributed by atoms with Gasteiger partial charge in [-0.15, -0.1) is 23.7 Å². The van der Waals surface area contributed by atoms with E-state index in [0.29, 0.717) is 12.1 Å². The lowest BCUT2D eigenvalue weighted by Gasteiger charge is -2.30. The molecular formula is C17H28ClN3OS. The van der Waals surface area contributed by atoms with Crippen LogP contribution in [0.25, 0.3) is 0 Å². The summed E-state index contributed by atoms with van der Waals surface area (Å²) < 4.78 is 0. The Hall–Kier alpha value is -0.620. The molecule has 3 rings (SSSR count). The topological polar surface area (TPSA) is 44.4 Å². The van der Waals surface area contributed by atoms with Crippen LogP contribution in [0.5, 0.6) is 0 Å². The van der Waals surface area contributed by atoms with Gasteiger partial charge in [0.2, 0.25) is 5.91 Å². The van der Waals surface area contributed by atoms with Gasteiger partial charge in [0.05, 0.1) is 6.04 Å². The van der Waals surface area contributed by atoms with E-state index in [4.69, 9.17) is 0 Å². The van der Waals surface area contributed by atoms with Crippen LogP contribution >= 0.6 is 23.7 Å². The van der Waals surface area contributed by atoms with Crippen LogP contribution in [0.15, 0.2) is 17.5 Å². The van der Waals surface area contributed by atoms with Crippen LogP contribution in [0.4, 0.5) is 0 Å². The molecule has 0 saturated carbocycles. The highest BCUT2D eigenvalue weighted by atomic mass is 35.5. The first-order valence-corrected chi connectivity index (χ1v) is 9.40. The number of nitrogens with zero attached hydrogens (tertiary/aromatic N) is 1. The third kappa shape index (κ3) is 4.92. The predicted molar refractivity (Wildman–Crippen MR) is 98.3 cm³/mol. The number of rotatable bonds is 5. The van der Waals surface area contributed by atoms with Crippen molar-refractivity contribution in [1.82, 2.24) is 15.5 Å². The Bertz CT molecular complexity index is 476. The second-order valence-corrected chi connectivity index (χ2v) is 7.58. The van der Waals surface area contributed by atoms with Gasteiger partial charge in [0.15, 0.2) is 0 Å². The maximum Gasteiger partial charge on any atom is 0.223 e. The maximum absolute atomic E-state index is 12.5. The quantitative estimate of drug-likeness (QED) is 0.851. The maximum atomic E-state index is 12.5. The van der Waals surface area contributed by atoms with Crippen LogP contribution in [0.1, 0.15) is 43.5 Å². The van der Waals surface area contributed by atoms with E-state index in [1.165, 1.54) is 17.7 Å². The summed E-state index contributed by atoms with van der Waals surface area (Å²) in [5, 5.41) is 8.78. The Kier molecular flexibility index (Phi) is 7.34. The zero-order valence-corrected chi connectivity index (χ0v) is 15.4. The van der Waals surface area contributed by atoms with Gasteiger partial charge in [-0.05, 0) is 63.7 Å². The third-order valence-corrected chi connectivity index (χ3v) is 5.89. The first kappa shape index (κ1) is 18.7. The molecule has 0 bridgehead atoms. The van der Waals surface area contributed by atoms with Crippen molar-refractivity contribution in [1.29, 1.82) is 0 Å². The molecule has 1 amide bonds. The van der Waals surface area contributed by atoms with Crippen LogP contribution < -0.4 is 10.6 Å². The number of halogens is 1. The molecule has 3 atom stereocenters. The van der Waals surface area contributed by atoms with Crippen molar-refractivity contribution in [2.45, 2.75) is 44.7 Å². The summed E-state index contributed by atoms with van der Waals surface area (Å²) in [7, 11) is 0. The molecule has 2 fully saturated rings. The summed E-state index contributed by atoms with van der Waals surface area (Å²) in [5.74, 6) is 0.424. The van der Waals surface area contributed by atoms with Crippen molar-refractivity contribution in [3.05, 3.63) is 22.4 Å². The van der Waals surface area contributed by atoms with Crippen molar-refractivity contribution in [2.24, 2.45) is 5.92 Å². The molecule has 6 heteroatoms. The number of thiophene rings is 1. The molecule has 0 aromatic carbocycles. The molecule has 0 aliphatic carbocycles. The van der Waals surface area contributed by atoms with E-state index in [1.807, 2.05) is 0 Å². The fraction of sp³-hybridized carbons (Fsp3) is 0.706. The number of hydrogen-bond acceptors (Lipinski definition) is 4. The first-order valence-electron chi connectivity index (χ1n) is 8.52. The largest absolute Gasteiger partial charge is 0.354 e. The van der Waals surface area contributed by atoms with E-state index < -0.39 is 0 Å². The van der Waals surface area contributed by atoms with Gasteiger partial charge in [0.25, 0.3) is 0 Å². The lowest BCUT2D eigenvalue weighted by Crippen LogP contribution is -2.44. The summed E-state index contributed by atoms with van der Waals surface area (Å²) in [5.41, 5.74) is 0. The highest BCUT2D eigenvalue weighted by Crippen LogP contribution is 2.28. The average molecular weight is 358 g/mol. The Morgan fingerprint density at radius 3 is 2.91 bits per heavy atom. The number of amides is 1. The molecule has 2 saturated heterocycles. The summed E-state index contributed by atoms with van der Waals surface area (Å²) in [6, 6.07) is 5.12. The Labute approximate surface area is 149 Å². The van der Waals surface area contributed by atoms with E-state index in [-0.39, 0.29) is 24.2 Å². The summed E-state index contributed by atoms with van der Waals surface area (Å²) in [4.78, 5) is 16.4. The molecule has 0 spiro atoms. The zero-order valence-electron chi connectivity index (χ0n) is 13.8. The van der Waals surface area contributed by atoms with E-state index in [9.17, 15) is 4.79 Å². The fourth-order valence-corrected chi connectivity index (χ4v) is 4.52. The highest BCUT2D eigenvalue weighted by Gasteiger charge is 2.28. The van der Waals surface area contributed by atoms with Crippen LogP contribution in [-0.4, -0.2) is 43.0 Å². The molecule has 1 aromatic rings. The molecule has 2 aliphatic heterocycles. The molecule has 2 aliphatic rings. The van der Waals surface area contributed by atoms with Crippen molar-refractivity contribution >= 4 is 29.7 Å². The van der Waals surface area contributed by atoms with Crippen molar-refractivity contribution in [3.8, 4) is 0 Å². The minimum Gasteiger partial charge on any atom is -0.354 e. The summed E-state index contributed by atoms with van der Waals surface area (Å²) in [6.45, 7) is 6.18. The Morgan fingerprint density at radius 1 is 1.48 bits per heavy atom. The predicted octanol–water partition coefficient (Wildman–Crippen LogP) is 2.81. The minimum atomic E-state index is 0. The average Bonchev–Trinajstić information content (AvgIpc) is 3.21. The molecule has 3 heterocycles. The van der Waals surface area contributed by atoms with Gasteiger partial charge in [-0.2, -0.15) is 0 Å². The second kappa shape index (κ2) is 9.02. The number of carbonyl (C=O) groups excluding carboxylic acids is 1. The third-order valence-electron chi connectivity index (χ3n) is 4.92. The van der Waals surface area contributed by atoms with Gasteiger partial charge < -0.3 is 10.6 Å². The van der Waals surface area contributed by atoms with Crippen molar-refractivity contribution in [2.75, 3.05) is 26.2 Å². The summed E-state index contributed by atoms with van der Waals surface area (Å²) in [6.07, 6.45) is 4.48. The summed E-state index contributed by atoms with van der Waals surface area (Å²) >= 11 is 1.80. The second-order valence-electron chi connectivity index (χ2n) is 6.60. The standard InChI is InChI=1S/C17H27N3OS.ClH/c1-13-11-14(6-7-18-13)17(21)19-12-15(16-5-4-10-22-16)20-8-2-3-9-20;/h4-5,10,13-15,18H,2-3,6-9,11-12H2,1H3,(H,19,21);1H/t13-,14-,15?;/m0./s1. The molecule has 4 nitrogen and oxygen atoms in total. The van der Waals surface area contributed by atoms with E-state index in [0.717, 1.165) is 39.0 Å². The number of likely N-dealkylation sites (tertiary alicyclic amines) is 1. The highest BCUT2D eigenvalue weighted by molar-refractivity contribution is 7.10. The van der Waals surface area contributed by atoms with Crippen molar-refractivity contribution < 1.29 is 4.79 Å². The fourth-order valence-electron chi connectivity index (χ4n) is 3.66. The SMILES string of the molecule is C[C@H]1C[C@@H](C(=O)NCC(c2cccs2)N2CCCC2)CCN1.Cl. The van der Waals surface area contributed by atoms with E-state index in [1.54, 1.807) is 11.3 Å².